The molecule has 0 saturated heterocycles. The summed E-state index contributed by atoms with van der Waals surface area (Å²) in [6, 6.07) is 9.87. The fourth-order valence-corrected chi connectivity index (χ4v) is 2.45. The second-order valence-electron chi connectivity index (χ2n) is 6.80. The van der Waals surface area contributed by atoms with Gasteiger partial charge >= 0.3 is 12.1 Å². The van der Waals surface area contributed by atoms with E-state index in [4.69, 9.17) is 25.8 Å². The summed E-state index contributed by atoms with van der Waals surface area (Å²) in [6.07, 6.45) is 1.04. The van der Waals surface area contributed by atoms with Gasteiger partial charge in [-0.2, -0.15) is 0 Å². The molecule has 8 heteroatoms. The number of methoxy groups -OCH3 is 1. The van der Waals surface area contributed by atoms with E-state index in [2.05, 4.69) is 4.98 Å². The first-order chi connectivity index (χ1) is 13.2. The van der Waals surface area contributed by atoms with Gasteiger partial charge in [-0.15, -0.1) is 0 Å². The number of anilines is 1. The maximum absolute atomic E-state index is 12.6. The Morgan fingerprint density at radius 1 is 1.18 bits per heavy atom. The van der Waals surface area contributed by atoms with Crippen LogP contribution in [0.4, 0.5) is 10.6 Å². The molecule has 1 aromatic heterocycles. The van der Waals surface area contributed by atoms with Gasteiger partial charge in [0.05, 0.1) is 13.7 Å². The van der Waals surface area contributed by atoms with E-state index in [0.717, 1.165) is 0 Å². The highest BCUT2D eigenvalue weighted by Gasteiger charge is 2.24. The molecule has 0 saturated carbocycles. The Balaban J connectivity index is 2.14. The topological polar surface area (TPSA) is 78.0 Å². The van der Waals surface area contributed by atoms with Crippen LogP contribution >= 0.6 is 11.6 Å². The van der Waals surface area contributed by atoms with Crippen molar-refractivity contribution in [3.8, 4) is 5.75 Å². The van der Waals surface area contributed by atoms with Crippen LogP contribution in [0.3, 0.4) is 0 Å². The van der Waals surface area contributed by atoms with Crippen molar-refractivity contribution in [1.82, 2.24) is 4.98 Å². The van der Waals surface area contributed by atoms with Crippen molar-refractivity contribution < 1.29 is 23.8 Å². The molecule has 2 aromatic rings. The third kappa shape index (κ3) is 6.13. The summed E-state index contributed by atoms with van der Waals surface area (Å²) in [5, 5.41) is 0.386. The molecule has 0 N–H and O–H groups in total. The smallest absolute Gasteiger partial charge is 0.416 e. The Bertz CT molecular complexity index is 821. The van der Waals surface area contributed by atoms with Crippen LogP contribution in [0.15, 0.2) is 42.6 Å². The number of amides is 1. The number of nitrogens with zero attached hydrogens (tertiary/aromatic N) is 2. The molecule has 1 heterocycles. The minimum Gasteiger partial charge on any atom is -0.491 e. The molecule has 1 amide bonds. The molecule has 0 bridgehead atoms. The van der Waals surface area contributed by atoms with E-state index in [1.807, 2.05) is 0 Å². The van der Waals surface area contributed by atoms with Crippen LogP contribution in [0.5, 0.6) is 5.75 Å². The normalized spacial score (nSPS) is 10.9. The molecule has 0 fully saturated rings. The summed E-state index contributed by atoms with van der Waals surface area (Å²) in [4.78, 5) is 30.1. The Hall–Kier alpha value is -2.80. The average Bonchev–Trinajstić information content (AvgIpc) is 2.64. The van der Waals surface area contributed by atoms with Gasteiger partial charge in [0.1, 0.15) is 29.3 Å². The van der Waals surface area contributed by atoms with E-state index < -0.39 is 17.7 Å². The molecular formula is C20H23ClN2O5. The monoisotopic (exact) mass is 406 g/mol. The van der Waals surface area contributed by atoms with Crippen molar-refractivity contribution in [3.05, 3.63) is 53.2 Å². The van der Waals surface area contributed by atoms with Gasteiger partial charge in [0.25, 0.3) is 0 Å². The number of carbonyl (C=O) groups is 2. The zero-order valence-corrected chi connectivity index (χ0v) is 17.0. The minimum atomic E-state index is -0.654. The molecule has 0 aliphatic heterocycles. The van der Waals surface area contributed by atoms with Crippen molar-refractivity contribution in [2.24, 2.45) is 0 Å². The molecule has 2 rings (SSSR count). The van der Waals surface area contributed by atoms with E-state index >= 15 is 0 Å². The van der Waals surface area contributed by atoms with Gasteiger partial charge in [-0.25, -0.2) is 14.6 Å². The number of carbonyl (C=O) groups excluding carboxylic acids is 2. The van der Waals surface area contributed by atoms with Crippen molar-refractivity contribution in [1.29, 1.82) is 0 Å². The highest BCUT2D eigenvalue weighted by atomic mass is 35.5. The van der Waals surface area contributed by atoms with E-state index in [9.17, 15) is 9.59 Å². The fourth-order valence-electron chi connectivity index (χ4n) is 2.27. The first kappa shape index (κ1) is 21.5. The predicted molar refractivity (Wildman–Crippen MR) is 106 cm³/mol. The molecule has 0 unspecified atom stereocenters. The fraction of sp³-hybridized carbons (Fsp3) is 0.350. The number of hydrogen-bond donors (Lipinski definition) is 0. The standard InChI is InChI=1S/C20H23ClN2O5/c1-20(2,3)28-19(25)23(17-7-5-6-10-22-17)11-12-27-16-9-8-14(21)13-15(16)18(24)26-4/h5-10,13H,11-12H2,1-4H3. The highest BCUT2D eigenvalue weighted by molar-refractivity contribution is 6.31. The van der Waals surface area contributed by atoms with Gasteiger partial charge in [-0.3, -0.25) is 4.90 Å². The Labute approximate surface area is 169 Å². The number of benzene rings is 1. The average molecular weight is 407 g/mol. The summed E-state index contributed by atoms with van der Waals surface area (Å²) in [5.41, 5.74) is -0.448. The molecule has 1 aromatic carbocycles. The maximum Gasteiger partial charge on any atom is 0.416 e. The number of rotatable bonds is 6. The molecule has 28 heavy (non-hydrogen) atoms. The summed E-state index contributed by atoms with van der Waals surface area (Å²) in [7, 11) is 1.28. The first-order valence-electron chi connectivity index (χ1n) is 8.63. The minimum absolute atomic E-state index is 0.0987. The van der Waals surface area contributed by atoms with E-state index in [1.165, 1.54) is 18.1 Å². The molecule has 0 aliphatic carbocycles. The molecular weight excluding hydrogens is 384 g/mol. The lowest BCUT2D eigenvalue weighted by molar-refractivity contribution is 0.0565. The number of ether oxygens (including phenoxy) is 3. The zero-order chi connectivity index (χ0) is 20.7. The summed E-state index contributed by atoms with van der Waals surface area (Å²) in [5.74, 6) is 0.178. The third-order valence-electron chi connectivity index (χ3n) is 3.46. The number of pyridine rings is 1. The van der Waals surface area contributed by atoms with Crippen molar-refractivity contribution in [2.75, 3.05) is 25.2 Å². The lowest BCUT2D eigenvalue weighted by Crippen LogP contribution is -2.39. The van der Waals surface area contributed by atoms with Crippen molar-refractivity contribution >= 4 is 29.5 Å². The molecule has 7 nitrogen and oxygen atoms in total. The summed E-state index contributed by atoms with van der Waals surface area (Å²) < 4.78 is 15.9. The molecule has 0 spiro atoms. The lowest BCUT2D eigenvalue weighted by atomic mass is 10.2. The Morgan fingerprint density at radius 3 is 2.54 bits per heavy atom. The Morgan fingerprint density at radius 2 is 1.93 bits per heavy atom. The van der Waals surface area contributed by atoms with Gasteiger partial charge < -0.3 is 14.2 Å². The first-order valence-corrected chi connectivity index (χ1v) is 9.01. The van der Waals surface area contributed by atoms with Gasteiger partial charge in [0, 0.05) is 11.2 Å². The molecule has 150 valence electrons. The lowest BCUT2D eigenvalue weighted by Gasteiger charge is -2.26. The number of hydrogen-bond acceptors (Lipinski definition) is 6. The van der Waals surface area contributed by atoms with Crippen molar-refractivity contribution in [3.63, 3.8) is 0 Å². The second kappa shape index (κ2) is 9.41. The van der Waals surface area contributed by atoms with Gasteiger partial charge in [0.2, 0.25) is 0 Å². The van der Waals surface area contributed by atoms with E-state index in [-0.39, 0.29) is 18.7 Å². The maximum atomic E-state index is 12.6. The van der Waals surface area contributed by atoms with Gasteiger partial charge in [0.15, 0.2) is 0 Å². The number of esters is 1. The molecule has 0 atom stereocenters. The van der Waals surface area contributed by atoms with Crippen LogP contribution < -0.4 is 9.64 Å². The van der Waals surface area contributed by atoms with Gasteiger partial charge in [-0.1, -0.05) is 17.7 Å². The molecule has 0 radical (unpaired) electrons. The number of aromatic nitrogens is 1. The van der Waals surface area contributed by atoms with E-state index in [0.29, 0.717) is 16.6 Å². The van der Waals surface area contributed by atoms with Crippen LogP contribution in [0, 0.1) is 0 Å². The SMILES string of the molecule is COC(=O)c1cc(Cl)ccc1OCCN(C(=O)OC(C)(C)C)c1ccccn1. The second-order valence-corrected chi connectivity index (χ2v) is 7.24. The van der Waals surface area contributed by atoms with Crippen molar-refractivity contribution in [2.45, 2.75) is 26.4 Å². The zero-order valence-electron chi connectivity index (χ0n) is 16.3. The predicted octanol–water partition coefficient (Wildman–Crippen LogP) is 4.34. The van der Waals surface area contributed by atoms with Crippen LogP contribution in [0.25, 0.3) is 0 Å². The highest BCUT2D eigenvalue weighted by Crippen LogP contribution is 2.24. The third-order valence-corrected chi connectivity index (χ3v) is 3.69. The molecule has 0 aliphatic rings. The quantitative estimate of drug-likeness (QED) is 0.664. The largest absolute Gasteiger partial charge is 0.491 e. The van der Waals surface area contributed by atoms with E-state index in [1.54, 1.807) is 57.3 Å². The van der Waals surface area contributed by atoms with Crippen LogP contribution in [0.1, 0.15) is 31.1 Å². The summed E-state index contributed by atoms with van der Waals surface area (Å²) in [6.45, 7) is 5.62. The van der Waals surface area contributed by atoms with Gasteiger partial charge in [-0.05, 0) is 51.1 Å². The van der Waals surface area contributed by atoms with Crippen LogP contribution in [-0.4, -0.2) is 42.9 Å². The summed E-state index contributed by atoms with van der Waals surface area (Å²) >= 11 is 5.94. The Kier molecular flexibility index (Phi) is 7.23. The number of halogens is 1. The van der Waals surface area contributed by atoms with Crippen LogP contribution in [-0.2, 0) is 9.47 Å². The van der Waals surface area contributed by atoms with Crippen LogP contribution in [0.2, 0.25) is 5.02 Å².